The fraction of sp³-hybridized carbons (Fsp3) is 0. The molecule has 0 nitrogen and oxygen atoms in total. The summed E-state index contributed by atoms with van der Waals surface area (Å²) in [7, 11) is 0. The summed E-state index contributed by atoms with van der Waals surface area (Å²) in [5.74, 6) is 0. The average molecular weight is 147 g/mol. The van der Waals surface area contributed by atoms with Crippen molar-refractivity contribution >= 4 is 191 Å². The van der Waals surface area contributed by atoms with Crippen LogP contribution in [0.2, 0.25) is 0 Å². The summed E-state index contributed by atoms with van der Waals surface area (Å²) in [5, 5.41) is 0. The standard InChI is InChI=1S/2K.3Na. The first-order chi connectivity index (χ1) is 0. The van der Waals surface area contributed by atoms with E-state index in [4.69, 9.17) is 0 Å². The van der Waals surface area contributed by atoms with Crippen molar-refractivity contribution in [2.75, 3.05) is 0 Å². The van der Waals surface area contributed by atoms with Crippen LogP contribution in [0.4, 0.5) is 0 Å². The Morgan fingerprint density at radius 1 is 0.400 bits per heavy atom. The van der Waals surface area contributed by atoms with E-state index in [0.29, 0.717) is 0 Å². The van der Waals surface area contributed by atoms with E-state index in [9.17, 15) is 0 Å². The van der Waals surface area contributed by atoms with E-state index >= 15 is 0 Å². The molecule has 5 heteroatoms. The molecule has 5 heavy (non-hydrogen) atoms. The molecule has 0 aliphatic carbocycles. The van der Waals surface area contributed by atoms with Crippen LogP contribution in [0.3, 0.4) is 0 Å². The largest absolute Gasteiger partial charge is 0 e. The molecule has 0 rings (SSSR count). The van der Waals surface area contributed by atoms with E-state index in [0.717, 1.165) is 0 Å². The van der Waals surface area contributed by atoms with Gasteiger partial charge < -0.3 is 0 Å². The second-order valence-corrected chi connectivity index (χ2v) is 0. The first kappa shape index (κ1) is 30.2. The van der Waals surface area contributed by atoms with E-state index in [1.54, 1.807) is 0 Å². The van der Waals surface area contributed by atoms with Crippen LogP contribution >= 0.6 is 0 Å². The summed E-state index contributed by atoms with van der Waals surface area (Å²) in [4.78, 5) is 0. The van der Waals surface area contributed by atoms with Gasteiger partial charge in [-0.15, -0.1) is 0 Å². The van der Waals surface area contributed by atoms with Gasteiger partial charge in [0.05, 0.1) is 0 Å². The third-order valence-electron chi connectivity index (χ3n) is 0. The molecule has 0 spiro atoms. The zero-order chi connectivity index (χ0) is 0. The molecule has 0 amide bonds. The van der Waals surface area contributed by atoms with Gasteiger partial charge in [0.15, 0.2) is 0 Å². The summed E-state index contributed by atoms with van der Waals surface area (Å²) in [6.07, 6.45) is 0. The van der Waals surface area contributed by atoms with Crippen LogP contribution in [0, 0.1) is 0 Å². The molecule has 0 saturated carbocycles. The Morgan fingerprint density at radius 2 is 0.400 bits per heavy atom. The molecule has 0 N–H and O–H groups in total. The number of hydrogen-bond donors (Lipinski definition) is 0. The first-order valence-electron chi connectivity index (χ1n) is 0. The molecule has 5 radical (unpaired) electrons. The Labute approximate surface area is 184 Å². The maximum atomic E-state index is 0. The van der Waals surface area contributed by atoms with E-state index in [2.05, 4.69) is 0 Å². The van der Waals surface area contributed by atoms with E-state index < -0.39 is 0 Å². The molecule has 0 aromatic heterocycles. The van der Waals surface area contributed by atoms with Gasteiger partial charge in [-0.2, -0.15) is 0 Å². The minimum absolute atomic E-state index is 0. The maximum Gasteiger partial charge on any atom is 0 e. The van der Waals surface area contributed by atoms with Crippen molar-refractivity contribution in [3.05, 3.63) is 0 Å². The fourth-order valence-corrected chi connectivity index (χ4v) is 0. The molecule has 0 saturated heterocycles. The van der Waals surface area contributed by atoms with Gasteiger partial charge in [-0.05, 0) is 0 Å². The van der Waals surface area contributed by atoms with Crippen LogP contribution in [0.5, 0.6) is 0 Å². The minimum atomic E-state index is 0. The predicted molar refractivity (Wildman–Crippen MR) is 28.8 cm³/mol. The summed E-state index contributed by atoms with van der Waals surface area (Å²) in [6, 6.07) is 0. The first-order valence-corrected chi connectivity index (χ1v) is 0. The van der Waals surface area contributed by atoms with Crippen LogP contribution in [0.25, 0.3) is 0 Å². The van der Waals surface area contributed by atoms with E-state index in [1.165, 1.54) is 0 Å². The van der Waals surface area contributed by atoms with Crippen LogP contribution in [0.1, 0.15) is 0 Å². The Hall–Kier alpha value is 6.27. The Bertz CT molecular complexity index is 4.85. The molecule has 0 unspecified atom stereocenters. The summed E-state index contributed by atoms with van der Waals surface area (Å²) >= 11 is 0. The van der Waals surface area contributed by atoms with Crippen molar-refractivity contribution in [1.82, 2.24) is 0 Å². The molecule has 0 aromatic rings. The van der Waals surface area contributed by atoms with Crippen molar-refractivity contribution in [3.63, 3.8) is 0 Å². The van der Waals surface area contributed by atoms with E-state index in [1.807, 2.05) is 0 Å². The quantitative estimate of drug-likeness (QED) is 0.351. The van der Waals surface area contributed by atoms with Crippen molar-refractivity contribution in [1.29, 1.82) is 0 Å². The zero-order valence-electron chi connectivity index (χ0n) is 5.00. The van der Waals surface area contributed by atoms with Gasteiger partial charge in [0.2, 0.25) is 0 Å². The zero-order valence-corrected chi connectivity index (χ0v) is 17.2. The molecular weight excluding hydrogens is 147 g/mol. The third kappa shape index (κ3) is 17.9. The van der Waals surface area contributed by atoms with Gasteiger partial charge in [-0.25, -0.2) is 0 Å². The normalized spacial score (nSPS) is 0. The predicted octanol–water partition coefficient (Wildman–Crippen LogP) is -1.90. The SMILES string of the molecule is [K].[K].[Na].[Na].[Na]. The van der Waals surface area contributed by atoms with E-state index in [-0.39, 0.29) is 191 Å². The molecule has 0 aromatic carbocycles. The van der Waals surface area contributed by atoms with Gasteiger partial charge in [0.1, 0.15) is 0 Å². The van der Waals surface area contributed by atoms with Crippen molar-refractivity contribution < 1.29 is 0 Å². The van der Waals surface area contributed by atoms with Gasteiger partial charge in [0, 0.05) is 191 Å². The molecule has 0 aliphatic heterocycles. The number of hydrogen-bond acceptors (Lipinski definition) is 0. The Balaban J connectivity index is 0. The smallest absolute Gasteiger partial charge is 0 e. The van der Waals surface area contributed by atoms with Gasteiger partial charge >= 0.3 is 0 Å². The molecule has 0 fully saturated rings. The second-order valence-electron chi connectivity index (χ2n) is 0. The van der Waals surface area contributed by atoms with Gasteiger partial charge in [-0.3, -0.25) is 0 Å². The molecule has 5 valence electrons. The third-order valence-corrected chi connectivity index (χ3v) is 0. The Kier molecular flexibility index (Phi) is 136. The summed E-state index contributed by atoms with van der Waals surface area (Å²) in [6.45, 7) is 0. The topological polar surface area (TPSA) is 0 Å². The van der Waals surface area contributed by atoms with Crippen molar-refractivity contribution in [2.24, 2.45) is 0 Å². The molecule has 0 heterocycles. The maximum absolute atomic E-state index is 0. The molecule has 0 bridgehead atoms. The average Bonchev–Trinajstić information content (AvgIpc) is 0. The number of rotatable bonds is 0. The molecule has 0 aliphatic rings. The summed E-state index contributed by atoms with van der Waals surface area (Å²) in [5.41, 5.74) is 0. The van der Waals surface area contributed by atoms with Gasteiger partial charge in [-0.1, -0.05) is 0 Å². The van der Waals surface area contributed by atoms with Crippen molar-refractivity contribution in [2.45, 2.75) is 0 Å². The minimum Gasteiger partial charge on any atom is 0 e. The van der Waals surface area contributed by atoms with Crippen LogP contribution in [0.15, 0.2) is 0 Å². The fourth-order valence-electron chi connectivity index (χ4n) is 0. The van der Waals surface area contributed by atoms with Crippen LogP contribution < -0.4 is 0 Å². The Morgan fingerprint density at radius 3 is 0.400 bits per heavy atom. The second kappa shape index (κ2) is 22.4. The van der Waals surface area contributed by atoms with Crippen LogP contribution in [-0.2, 0) is 0 Å². The van der Waals surface area contributed by atoms with Crippen LogP contribution in [-0.4, -0.2) is 191 Å². The molecular formula is K2Na3. The summed E-state index contributed by atoms with van der Waals surface area (Å²) < 4.78 is 0. The monoisotopic (exact) mass is 147 g/mol. The molecule has 0 atom stereocenters. The van der Waals surface area contributed by atoms with Gasteiger partial charge in [0.25, 0.3) is 0 Å². The van der Waals surface area contributed by atoms with Crippen molar-refractivity contribution in [3.8, 4) is 0 Å².